The molecule has 31 heavy (non-hydrogen) atoms. The molecule has 160 valence electrons. The molecule has 0 aliphatic heterocycles. The molecule has 8 nitrogen and oxygen atoms in total. The molecule has 0 N–H and O–H groups in total. The first-order valence-electron chi connectivity index (χ1n) is 10.5. The van der Waals surface area contributed by atoms with E-state index in [1.807, 2.05) is 82.4 Å². The molecule has 2 heterocycles. The monoisotopic (exact) mass is 418 g/mol. The van der Waals surface area contributed by atoms with Gasteiger partial charge >= 0.3 is 0 Å². The van der Waals surface area contributed by atoms with Crippen molar-refractivity contribution in [3.05, 3.63) is 84.4 Å². The fourth-order valence-electron chi connectivity index (χ4n) is 3.10. The van der Waals surface area contributed by atoms with Crippen LogP contribution in [0.25, 0.3) is 0 Å². The Hall–Kier alpha value is -3.68. The fourth-order valence-corrected chi connectivity index (χ4v) is 3.10. The first kappa shape index (κ1) is 20.6. The van der Waals surface area contributed by atoms with E-state index >= 15 is 0 Å². The van der Waals surface area contributed by atoms with E-state index in [4.69, 9.17) is 9.47 Å². The predicted octanol–water partition coefficient (Wildman–Crippen LogP) is 3.90. The number of unbranched alkanes of at least 4 members (excludes halogenated alkanes) is 2. The van der Waals surface area contributed by atoms with Gasteiger partial charge in [-0.3, -0.25) is 9.36 Å². The molecule has 0 saturated carbocycles. The minimum Gasteiger partial charge on any atom is -0.487 e. The van der Waals surface area contributed by atoms with Crippen molar-refractivity contribution < 1.29 is 9.47 Å². The second-order valence-corrected chi connectivity index (χ2v) is 7.21. The summed E-state index contributed by atoms with van der Waals surface area (Å²) in [4.78, 5) is 0. The van der Waals surface area contributed by atoms with Crippen LogP contribution in [0.2, 0.25) is 0 Å². The number of hydrogen-bond donors (Lipinski definition) is 0. The predicted molar refractivity (Wildman–Crippen MR) is 115 cm³/mol. The molecular weight excluding hydrogens is 392 g/mol. The lowest BCUT2D eigenvalue weighted by molar-refractivity contribution is 0.301. The van der Waals surface area contributed by atoms with Crippen molar-refractivity contribution in [2.75, 3.05) is 0 Å². The third-order valence-corrected chi connectivity index (χ3v) is 4.71. The SMILES string of the molecule is c1ccc(OCc2cn(CCCCCn3cc(COc4ccccc4)nn3)nn2)cc1. The summed E-state index contributed by atoms with van der Waals surface area (Å²) >= 11 is 0. The maximum absolute atomic E-state index is 5.70. The summed E-state index contributed by atoms with van der Waals surface area (Å²) in [6.45, 7) is 2.52. The van der Waals surface area contributed by atoms with Crippen molar-refractivity contribution in [2.45, 2.75) is 45.6 Å². The van der Waals surface area contributed by atoms with Crippen molar-refractivity contribution in [3.63, 3.8) is 0 Å². The van der Waals surface area contributed by atoms with Gasteiger partial charge in [-0.15, -0.1) is 10.2 Å². The molecule has 0 spiro atoms. The Kier molecular flexibility index (Phi) is 7.25. The molecule has 2 aromatic heterocycles. The summed E-state index contributed by atoms with van der Waals surface area (Å²) in [6, 6.07) is 19.4. The zero-order chi connectivity index (χ0) is 21.1. The van der Waals surface area contributed by atoms with Gasteiger partial charge in [-0.2, -0.15) is 0 Å². The standard InChI is InChI=1S/C23H26N6O2/c1-4-10-22(11-5-1)30-18-20-16-28(26-24-20)14-8-3-9-15-29-17-21(25-27-29)19-31-23-12-6-2-7-13-23/h1-2,4-7,10-13,16-17H,3,8-9,14-15,18-19H2. The first-order chi connectivity index (χ1) is 15.3. The van der Waals surface area contributed by atoms with E-state index in [9.17, 15) is 0 Å². The Morgan fingerprint density at radius 3 is 1.48 bits per heavy atom. The van der Waals surface area contributed by atoms with Crippen LogP contribution in [-0.2, 0) is 26.3 Å². The Morgan fingerprint density at radius 2 is 1.03 bits per heavy atom. The molecule has 0 saturated heterocycles. The number of rotatable bonds is 12. The number of nitrogens with zero attached hydrogens (tertiary/aromatic N) is 6. The molecular formula is C23H26N6O2. The van der Waals surface area contributed by atoms with Crippen LogP contribution in [0.3, 0.4) is 0 Å². The zero-order valence-electron chi connectivity index (χ0n) is 17.4. The van der Waals surface area contributed by atoms with Gasteiger partial charge in [0.15, 0.2) is 0 Å². The number of benzene rings is 2. The van der Waals surface area contributed by atoms with Crippen LogP contribution in [0.4, 0.5) is 0 Å². The third kappa shape index (κ3) is 6.67. The van der Waals surface area contributed by atoms with Crippen LogP contribution in [-0.4, -0.2) is 30.0 Å². The smallest absolute Gasteiger partial charge is 0.134 e. The Morgan fingerprint density at radius 1 is 0.581 bits per heavy atom. The van der Waals surface area contributed by atoms with Crippen molar-refractivity contribution in [2.24, 2.45) is 0 Å². The fraction of sp³-hybridized carbons (Fsp3) is 0.304. The number of aryl methyl sites for hydroxylation is 2. The van der Waals surface area contributed by atoms with Gasteiger partial charge in [-0.25, -0.2) is 0 Å². The highest BCUT2D eigenvalue weighted by Gasteiger charge is 2.04. The number of hydrogen-bond acceptors (Lipinski definition) is 6. The molecule has 0 radical (unpaired) electrons. The van der Waals surface area contributed by atoms with Gasteiger partial charge in [0, 0.05) is 13.1 Å². The Labute approximate surface area is 181 Å². The molecule has 4 aromatic rings. The summed E-state index contributed by atoms with van der Waals surface area (Å²) in [5.74, 6) is 1.67. The van der Waals surface area contributed by atoms with E-state index in [0.717, 1.165) is 55.2 Å². The summed E-state index contributed by atoms with van der Waals surface area (Å²) in [5.41, 5.74) is 1.66. The van der Waals surface area contributed by atoms with Crippen molar-refractivity contribution >= 4 is 0 Å². The summed E-state index contributed by atoms with van der Waals surface area (Å²) in [5, 5.41) is 16.7. The van der Waals surface area contributed by atoms with Gasteiger partial charge in [0.05, 0.1) is 12.4 Å². The lowest BCUT2D eigenvalue weighted by Gasteiger charge is -2.03. The maximum atomic E-state index is 5.70. The average molecular weight is 419 g/mol. The van der Waals surface area contributed by atoms with E-state index in [1.54, 1.807) is 0 Å². The van der Waals surface area contributed by atoms with E-state index in [0.29, 0.717) is 13.2 Å². The number of aromatic nitrogens is 6. The Bertz CT molecular complexity index is 949. The number of para-hydroxylation sites is 2. The molecule has 4 rings (SSSR count). The van der Waals surface area contributed by atoms with Gasteiger partial charge in [0.2, 0.25) is 0 Å². The van der Waals surface area contributed by atoms with Crippen LogP contribution in [0, 0.1) is 0 Å². The van der Waals surface area contributed by atoms with Crippen LogP contribution < -0.4 is 9.47 Å². The minimum atomic E-state index is 0.423. The lowest BCUT2D eigenvalue weighted by Crippen LogP contribution is -2.02. The van der Waals surface area contributed by atoms with Crippen molar-refractivity contribution in [1.82, 2.24) is 30.0 Å². The van der Waals surface area contributed by atoms with Crippen LogP contribution in [0.5, 0.6) is 11.5 Å². The lowest BCUT2D eigenvalue weighted by atomic mass is 10.2. The van der Waals surface area contributed by atoms with Gasteiger partial charge < -0.3 is 9.47 Å². The molecule has 0 atom stereocenters. The van der Waals surface area contributed by atoms with E-state index < -0.39 is 0 Å². The molecule has 0 fully saturated rings. The topological polar surface area (TPSA) is 79.9 Å². The second-order valence-electron chi connectivity index (χ2n) is 7.21. The summed E-state index contributed by atoms with van der Waals surface area (Å²) in [6.07, 6.45) is 7.02. The van der Waals surface area contributed by atoms with Gasteiger partial charge in [0.25, 0.3) is 0 Å². The van der Waals surface area contributed by atoms with Gasteiger partial charge in [-0.05, 0) is 43.5 Å². The van der Waals surface area contributed by atoms with Crippen molar-refractivity contribution in [3.8, 4) is 11.5 Å². The number of ether oxygens (including phenoxy) is 2. The molecule has 0 amide bonds. The van der Waals surface area contributed by atoms with Crippen LogP contribution >= 0.6 is 0 Å². The second kappa shape index (κ2) is 10.9. The summed E-state index contributed by atoms with van der Waals surface area (Å²) < 4.78 is 15.1. The molecule has 8 heteroatoms. The largest absolute Gasteiger partial charge is 0.487 e. The first-order valence-corrected chi connectivity index (χ1v) is 10.5. The quantitative estimate of drug-likeness (QED) is 0.325. The van der Waals surface area contributed by atoms with Gasteiger partial charge in [0.1, 0.15) is 36.1 Å². The highest BCUT2D eigenvalue weighted by molar-refractivity contribution is 5.21. The van der Waals surface area contributed by atoms with Crippen molar-refractivity contribution in [1.29, 1.82) is 0 Å². The maximum Gasteiger partial charge on any atom is 0.134 e. The third-order valence-electron chi connectivity index (χ3n) is 4.71. The normalized spacial score (nSPS) is 10.8. The van der Waals surface area contributed by atoms with Gasteiger partial charge in [-0.1, -0.05) is 46.8 Å². The summed E-state index contributed by atoms with van der Waals surface area (Å²) in [7, 11) is 0. The van der Waals surface area contributed by atoms with Crippen LogP contribution in [0.1, 0.15) is 30.7 Å². The Balaban J connectivity index is 1.10. The van der Waals surface area contributed by atoms with E-state index in [1.165, 1.54) is 0 Å². The van der Waals surface area contributed by atoms with E-state index in [-0.39, 0.29) is 0 Å². The van der Waals surface area contributed by atoms with Crippen LogP contribution in [0.15, 0.2) is 73.1 Å². The van der Waals surface area contributed by atoms with E-state index in [2.05, 4.69) is 20.6 Å². The molecule has 2 aromatic carbocycles. The molecule has 0 aliphatic carbocycles. The highest BCUT2D eigenvalue weighted by Crippen LogP contribution is 2.12. The molecule has 0 bridgehead atoms. The highest BCUT2D eigenvalue weighted by atomic mass is 16.5. The molecule has 0 aliphatic rings. The minimum absolute atomic E-state index is 0.423. The average Bonchev–Trinajstić information content (AvgIpc) is 3.47. The zero-order valence-corrected chi connectivity index (χ0v) is 17.4. The molecule has 0 unspecified atom stereocenters.